The third kappa shape index (κ3) is 3.38. The highest BCUT2D eigenvalue weighted by Gasteiger charge is 2.16. The Hall–Kier alpha value is -2.77. The lowest BCUT2D eigenvalue weighted by Gasteiger charge is -1.99. The van der Waals surface area contributed by atoms with Crippen molar-refractivity contribution in [2.75, 3.05) is 5.32 Å². The zero-order valence-electron chi connectivity index (χ0n) is 13.0. The van der Waals surface area contributed by atoms with Crippen molar-refractivity contribution >= 4 is 49.1 Å². The number of rotatable bonds is 5. The molecule has 25 heavy (non-hydrogen) atoms. The van der Waals surface area contributed by atoms with Crippen LogP contribution in [0.2, 0.25) is 0 Å². The molecule has 0 radical (unpaired) electrons. The van der Waals surface area contributed by atoms with E-state index in [0.29, 0.717) is 10.8 Å². The molecule has 2 N–H and O–H groups in total. The van der Waals surface area contributed by atoms with Crippen molar-refractivity contribution in [3.8, 4) is 11.3 Å². The van der Waals surface area contributed by atoms with Gasteiger partial charge in [0.15, 0.2) is 10.3 Å². The number of aromatic nitrogens is 2. The molecule has 4 aromatic rings. The summed E-state index contributed by atoms with van der Waals surface area (Å²) in [5, 5.41) is 13.8. The number of nitrogens with zero attached hydrogens (tertiary/aromatic N) is 2. The fourth-order valence-corrected chi connectivity index (χ4v) is 4.40. The van der Waals surface area contributed by atoms with E-state index in [1.807, 2.05) is 54.6 Å². The fraction of sp³-hybridized carbons (Fsp3) is 0.0556. The fourth-order valence-electron chi connectivity index (χ4n) is 2.50. The van der Waals surface area contributed by atoms with E-state index in [1.54, 1.807) is 11.3 Å². The number of thiazole rings is 2. The highest BCUT2D eigenvalue weighted by atomic mass is 32.1. The molecule has 0 aliphatic carbocycles. The Balaban J connectivity index is 1.69. The molecule has 5 nitrogen and oxygen atoms in total. The number of benzene rings is 2. The van der Waals surface area contributed by atoms with Gasteiger partial charge in [0, 0.05) is 10.4 Å². The molecule has 0 aliphatic rings. The smallest absolute Gasteiger partial charge is 0.308 e. The van der Waals surface area contributed by atoms with Crippen molar-refractivity contribution in [3.05, 3.63) is 59.5 Å². The summed E-state index contributed by atoms with van der Waals surface area (Å²) in [4.78, 5) is 21.1. The van der Waals surface area contributed by atoms with Crippen LogP contribution in [0, 0.1) is 0 Å². The molecule has 2 heterocycles. The summed E-state index contributed by atoms with van der Waals surface area (Å²) in [5.74, 6) is -0.868. The summed E-state index contributed by atoms with van der Waals surface area (Å²) in [6, 6.07) is 17.5. The molecule has 0 spiro atoms. The third-order valence-corrected chi connectivity index (χ3v) is 5.49. The van der Waals surface area contributed by atoms with Gasteiger partial charge in [-0.05, 0) is 12.1 Å². The number of nitrogens with one attached hydrogen (secondary N) is 1. The van der Waals surface area contributed by atoms with Crippen LogP contribution in [0.3, 0.4) is 0 Å². The number of hydrogen-bond acceptors (Lipinski definition) is 6. The number of carboxylic acid groups (broad SMARTS) is 1. The normalized spacial score (nSPS) is 10.9. The minimum absolute atomic E-state index is 0.0522. The molecule has 2 aromatic heterocycles. The molecule has 124 valence electrons. The second-order valence-corrected chi connectivity index (χ2v) is 7.45. The lowest BCUT2D eigenvalue weighted by Crippen LogP contribution is -1.99. The van der Waals surface area contributed by atoms with Gasteiger partial charge in [-0.25, -0.2) is 9.97 Å². The van der Waals surface area contributed by atoms with Gasteiger partial charge < -0.3 is 10.4 Å². The Kier molecular flexibility index (Phi) is 4.17. The summed E-state index contributed by atoms with van der Waals surface area (Å²) in [7, 11) is 0. The average Bonchev–Trinajstić information content (AvgIpc) is 3.18. The van der Waals surface area contributed by atoms with Crippen molar-refractivity contribution in [2.24, 2.45) is 0 Å². The molecule has 0 amide bonds. The van der Waals surface area contributed by atoms with Gasteiger partial charge in [0.2, 0.25) is 0 Å². The molecule has 0 saturated heterocycles. The predicted octanol–water partition coefficient (Wildman–Crippen LogP) is 4.79. The number of para-hydroxylation sites is 1. The highest BCUT2D eigenvalue weighted by molar-refractivity contribution is 7.22. The topological polar surface area (TPSA) is 75.1 Å². The zero-order chi connectivity index (χ0) is 17.2. The summed E-state index contributed by atoms with van der Waals surface area (Å²) < 4.78 is 1.09. The number of fused-ring (bicyclic) bond motifs is 1. The van der Waals surface area contributed by atoms with E-state index in [9.17, 15) is 9.90 Å². The molecule has 4 rings (SSSR count). The van der Waals surface area contributed by atoms with E-state index >= 15 is 0 Å². The van der Waals surface area contributed by atoms with Crippen molar-refractivity contribution < 1.29 is 9.90 Å². The van der Waals surface area contributed by atoms with Crippen molar-refractivity contribution in [2.45, 2.75) is 6.42 Å². The predicted molar refractivity (Wildman–Crippen MR) is 102 cm³/mol. The number of carbonyl (C=O) groups is 1. The van der Waals surface area contributed by atoms with Crippen LogP contribution in [-0.4, -0.2) is 21.0 Å². The Bertz CT molecular complexity index is 1010. The van der Waals surface area contributed by atoms with Crippen molar-refractivity contribution in [3.63, 3.8) is 0 Å². The Morgan fingerprint density at radius 2 is 1.68 bits per heavy atom. The molecular formula is C18H13N3O2S2. The second kappa shape index (κ2) is 6.62. The molecule has 2 aromatic carbocycles. The molecular weight excluding hydrogens is 354 g/mol. The molecule has 0 atom stereocenters. The molecule has 0 unspecified atom stereocenters. The minimum Gasteiger partial charge on any atom is -0.481 e. The van der Waals surface area contributed by atoms with Gasteiger partial charge in [0.25, 0.3) is 0 Å². The van der Waals surface area contributed by atoms with Gasteiger partial charge in [-0.2, -0.15) is 0 Å². The van der Waals surface area contributed by atoms with Crippen LogP contribution < -0.4 is 5.32 Å². The van der Waals surface area contributed by atoms with Crippen LogP contribution in [0.4, 0.5) is 10.3 Å². The lowest BCUT2D eigenvalue weighted by atomic mass is 10.1. The van der Waals surface area contributed by atoms with Gasteiger partial charge in [0.05, 0.1) is 22.3 Å². The number of aliphatic carboxylic acids is 1. The number of anilines is 2. The maximum Gasteiger partial charge on any atom is 0.308 e. The van der Waals surface area contributed by atoms with E-state index < -0.39 is 5.97 Å². The SMILES string of the molecule is O=C(O)Cc1sc(Nc2nc3ccccc3s2)nc1-c1ccccc1. The van der Waals surface area contributed by atoms with Crippen LogP contribution in [0.5, 0.6) is 0 Å². The Morgan fingerprint density at radius 3 is 2.44 bits per heavy atom. The van der Waals surface area contributed by atoms with Gasteiger partial charge in [0.1, 0.15) is 0 Å². The summed E-state index contributed by atoms with van der Waals surface area (Å²) >= 11 is 2.90. The first-order chi connectivity index (χ1) is 12.2. The summed E-state index contributed by atoms with van der Waals surface area (Å²) in [6.45, 7) is 0. The van der Waals surface area contributed by atoms with Gasteiger partial charge >= 0.3 is 5.97 Å². The van der Waals surface area contributed by atoms with Crippen molar-refractivity contribution in [1.82, 2.24) is 9.97 Å². The van der Waals surface area contributed by atoms with Crippen LogP contribution in [-0.2, 0) is 11.2 Å². The Labute approximate surface area is 151 Å². The van der Waals surface area contributed by atoms with Crippen LogP contribution >= 0.6 is 22.7 Å². The van der Waals surface area contributed by atoms with Crippen LogP contribution in [0.1, 0.15) is 4.88 Å². The zero-order valence-corrected chi connectivity index (χ0v) is 14.6. The lowest BCUT2D eigenvalue weighted by molar-refractivity contribution is -0.136. The average molecular weight is 367 g/mol. The molecule has 0 fully saturated rings. The third-order valence-electron chi connectivity index (χ3n) is 3.56. The van der Waals surface area contributed by atoms with Crippen LogP contribution in [0.25, 0.3) is 21.5 Å². The van der Waals surface area contributed by atoms with E-state index in [4.69, 9.17) is 0 Å². The van der Waals surface area contributed by atoms with Crippen molar-refractivity contribution in [1.29, 1.82) is 0 Å². The maximum absolute atomic E-state index is 11.2. The van der Waals surface area contributed by atoms with E-state index in [1.165, 1.54) is 11.3 Å². The molecule has 7 heteroatoms. The number of carboxylic acids is 1. The maximum atomic E-state index is 11.2. The highest BCUT2D eigenvalue weighted by Crippen LogP contribution is 2.35. The van der Waals surface area contributed by atoms with Gasteiger partial charge in [-0.15, -0.1) is 11.3 Å². The first-order valence-corrected chi connectivity index (χ1v) is 9.22. The molecule has 0 aliphatic heterocycles. The quantitative estimate of drug-likeness (QED) is 0.530. The second-order valence-electron chi connectivity index (χ2n) is 5.34. The van der Waals surface area contributed by atoms with E-state index in [2.05, 4.69) is 15.3 Å². The van der Waals surface area contributed by atoms with E-state index in [0.717, 1.165) is 25.8 Å². The van der Waals surface area contributed by atoms with Crippen LogP contribution in [0.15, 0.2) is 54.6 Å². The standard InChI is InChI=1S/C18H13N3O2S2/c22-15(23)10-14-16(11-6-2-1-3-7-11)20-18(25-14)21-17-19-12-8-4-5-9-13(12)24-17/h1-9H,10H2,(H,22,23)(H,19,20,21). The Morgan fingerprint density at radius 1 is 0.960 bits per heavy atom. The molecule has 0 bridgehead atoms. The van der Waals surface area contributed by atoms with Gasteiger partial charge in [-0.1, -0.05) is 53.8 Å². The summed E-state index contributed by atoms with van der Waals surface area (Å²) in [5.41, 5.74) is 2.55. The minimum atomic E-state index is -0.868. The number of hydrogen-bond donors (Lipinski definition) is 2. The molecule has 0 saturated carbocycles. The monoisotopic (exact) mass is 367 g/mol. The first kappa shape index (κ1) is 15.7. The summed E-state index contributed by atoms with van der Waals surface area (Å²) in [6.07, 6.45) is -0.0522. The first-order valence-electron chi connectivity index (χ1n) is 7.58. The largest absolute Gasteiger partial charge is 0.481 e. The van der Waals surface area contributed by atoms with Gasteiger partial charge in [-0.3, -0.25) is 4.79 Å². The van der Waals surface area contributed by atoms with E-state index in [-0.39, 0.29) is 6.42 Å².